The smallest absolute Gasteiger partial charge is 0.410 e. The quantitative estimate of drug-likeness (QED) is 0.621. The van der Waals surface area contributed by atoms with Crippen molar-refractivity contribution in [3.63, 3.8) is 0 Å². The normalized spacial score (nSPS) is 15.3. The molecular weight excluding hydrogens is 391 g/mol. The summed E-state index contributed by atoms with van der Waals surface area (Å²) >= 11 is 6.16. The molecule has 0 saturated carbocycles. The average Bonchev–Trinajstić information content (AvgIpc) is 2.65. The molecule has 0 bridgehead atoms. The molecule has 2 aromatic rings. The van der Waals surface area contributed by atoms with Crippen LogP contribution in [0.25, 0.3) is 0 Å². The van der Waals surface area contributed by atoms with Crippen molar-refractivity contribution in [1.29, 1.82) is 0 Å². The van der Waals surface area contributed by atoms with E-state index in [1.54, 1.807) is 17.0 Å². The van der Waals surface area contributed by atoms with E-state index in [1.807, 2.05) is 51.1 Å². The lowest BCUT2D eigenvalue weighted by atomic mass is 10.0. The Kier molecular flexibility index (Phi) is 6.68. The van der Waals surface area contributed by atoms with Gasteiger partial charge in [0.1, 0.15) is 11.4 Å². The van der Waals surface area contributed by atoms with Gasteiger partial charge >= 0.3 is 6.09 Å². The molecule has 6 heteroatoms. The van der Waals surface area contributed by atoms with Crippen molar-refractivity contribution in [1.82, 2.24) is 4.90 Å². The molecule has 2 aromatic carbocycles. The SMILES string of the molecule is CC(C)(C)OC(=O)N1CCC(N(Cc2cccc(Cl)c2)c2cccc(F)c2)CC1. The minimum absolute atomic E-state index is 0.189. The summed E-state index contributed by atoms with van der Waals surface area (Å²) in [5.41, 5.74) is 1.39. The van der Waals surface area contributed by atoms with Crippen molar-refractivity contribution in [3.05, 3.63) is 64.9 Å². The minimum atomic E-state index is -0.506. The third kappa shape index (κ3) is 6.10. The Hall–Kier alpha value is -2.27. The first-order chi connectivity index (χ1) is 13.7. The molecule has 1 heterocycles. The third-order valence-corrected chi connectivity index (χ3v) is 5.17. The van der Waals surface area contributed by atoms with Gasteiger partial charge in [0, 0.05) is 36.4 Å². The fourth-order valence-corrected chi connectivity index (χ4v) is 3.82. The van der Waals surface area contributed by atoms with Gasteiger partial charge in [-0.2, -0.15) is 0 Å². The Bertz CT molecular complexity index is 845. The van der Waals surface area contributed by atoms with Crippen molar-refractivity contribution in [2.45, 2.75) is 51.8 Å². The lowest BCUT2D eigenvalue weighted by Crippen LogP contribution is -2.48. The molecule has 1 amide bonds. The van der Waals surface area contributed by atoms with Crippen LogP contribution in [0.5, 0.6) is 0 Å². The number of carbonyl (C=O) groups excluding carboxylic acids is 1. The topological polar surface area (TPSA) is 32.8 Å². The van der Waals surface area contributed by atoms with Crippen LogP contribution < -0.4 is 4.90 Å². The molecule has 1 saturated heterocycles. The third-order valence-electron chi connectivity index (χ3n) is 4.94. The van der Waals surface area contributed by atoms with Crippen LogP contribution in [-0.4, -0.2) is 35.7 Å². The number of anilines is 1. The maximum atomic E-state index is 13.9. The monoisotopic (exact) mass is 418 g/mol. The van der Waals surface area contributed by atoms with Gasteiger partial charge in [0.25, 0.3) is 0 Å². The summed E-state index contributed by atoms with van der Waals surface area (Å²) in [6.45, 7) is 7.46. The Morgan fingerprint density at radius 2 is 1.86 bits per heavy atom. The van der Waals surface area contributed by atoms with Gasteiger partial charge in [-0.25, -0.2) is 9.18 Å². The molecule has 0 radical (unpaired) electrons. The summed E-state index contributed by atoms with van der Waals surface area (Å²) in [6, 6.07) is 14.6. The summed E-state index contributed by atoms with van der Waals surface area (Å²) in [5, 5.41) is 0.682. The molecule has 0 spiro atoms. The number of nitrogens with zero attached hydrogens (tertiary/aromatic N) is 2. The van der Waals surface area contributed by atoms with Crippen molar-refractivity contribution >= 4 is 23.4 Å². The highest BCUT2D eigenvalue weighted by molar-refractivity contribution is 6.30. The molecule has 4 nitrogen and oxygen atoms in total. The van der Waals surface area contributed by atoms with E-state index in [1.165, 1.54) is 6.07 Å². The first-order valence-corrected chi connectivity index (χ1v) is 10.3. The number of benzene rings is 2. The average molecular weight is 419 g/mol. The van der Waals surface area contributed by atoms with E-state index in [-0.39, 0.29) is 18.0 Å². The van der Waals surface area contributed by atoms with Crippen LogP contribution in [0.3, 0.4) is 0 Å². The van der Waals surface area contributed by atoms with Crippen LogP contribution in [0, 0.1) is 5.82 Å². The second kappa shape index (κ2) is 9.04. The molecule has 0 aromatic heterocycles. The van der Waals surface area contributed by atoms with Crippen molar-refractivity contribution in [2.75, 3.05) is 18.0 Å². The highest BCUT2D eigenvalue weighted by atomic mass is 35.5. The van der Waals surface area contributed by atoms with Crippen LogP contribution in [0.15, 0.2) is 48.5 Å². The summed E-state index contributed by atoms with van der Waals surface area (Å²) in [4.78, 5) is 16.3. The van der Waals surface area contributed by atoms with Crippen LogP contribution in [-0.2, 0) is 11.3 Å². The van der Waals surface area contributed by atoms with E-state index in [9.17, 15) is 9.18 Å². The highest BCUT2D eigenvalue weighted by Crippen LogP contribution is 2.27. The van der Waals surface area contributed by atoms with Gasteiger partial charge in [-0.3, -0.25) is 0 Å². The van der Waals surface area contributed by atoms with Crippen molar-refractivity contribution < 1.29 is 13.9 Å². The molecule has 1 aliphatic heterocycles. The summed E-state index contributed by atoms with van der Waals surface area (Å²) in [6.07, 6.45) is 1.30. The molecule has 29 heavy (non-hydrogen) atoms. The molecule has 156 valence electrons. The summed E-state index contributed by atoms with van der Waals surface area (Å²) in [5.74, 6) is -0.259. The number of ether oxygens (including phenoxy) is 1. The summed E-state index contributed by atoms with van der Waals surface area (Å²) < 4.78 is 19.4. The second-order valence-corrected chi connectivity index (χ2v) is 8.87. The zero-order valence-corrected chi connectivity index (χ0v) is 18.0. The van der Waals surface area contributed by atoms with Crippen LogP contribution in [0.1, 0.15) is 39.2 Å². The zero-order chi connectivity index (χ0) is 21.0. The van der Waals surface area contributed by atoms with Gasteiger partial charge in [-0.1, -0.05) is 29.8 Å². The van der Waals surface area contributed by atoms with Gasteiger partial charge in [0.05, 0.1) is 0 Å². The zero-order valence-electron chi connectivity index (χ0n) is 17.2. The van der Waals surface area contributed by atoms with Gasteiger partial charge in [-0.05, 0) is 69.5 Å². The van der Waals surface area contributed by atoms with Gasteiger partial charge in [0.2, 0.25) is 0 Å². The number of piperidine rings is 1. The number of likely N-dealkylation sites (tertiary alicyclic amines) is 1. The maximum absolute atomic E-state index is 13.9. The van der Waals surface area contributed by atoms with E-state index in [0.29, 0.717) is 24.7 Å². The largest absolute Gasteiger partial charge is 0.444 e. The molecule has 3 rings (SSSR count). The first kappa shape index (κ1) is 21.4. The van der Waals surface area contributed by atoms with E-state index in [2.05, 4.69) is 4.90 Å². The molecule has 1 aliphatic rings. The van der Waals surface area contributed by atoms with Gasteiger partial charge in [0.15, 0.2) is 0 Å². The van der Waals surface area contributed by atoms with Crippen molar-refractivity contribution in [3.8, 4) is 0 Å². The molecule has 0 atom stereocenters. The Labute approximate surface area is 177 Å². The standard InChI is InChI=1S/C23H28ClFN2O2/c1-23(2,3)29-22(28)26-12-10-20(11-13-26)27(21-9-5-8-19(25)15-21)16-17-6-4-7-18(24)14-17/h4-9,14-15,20H,10-13,16H2,1-3H3. The predicted molar refractivity (Wildman–Crippen MR) is 115 cm³/mol. The first-order valence-electron chi connectivity index (χ1n) is 9.96. The molecule has 0 aliphatic carbocycles. The van der Waals surface area contributed by atoms with E-state index in [0.717, 1.165) is 24.1 Å². The number of amides is 1. The number of hydrogen-bond donors (Lipinski definition) is 0. The Morgan fingerprint density at radius 3 is 2.48 bits per heavy atom. The van der Waals surface area contributed by atoms with Crippen molar-refractivity contribution in [2.24, 2.45) is 0 Å². The number of carbonyl (C=O) groups is 1. The maximum Gasteiger partial charge on any atom is 0.410 e. The van der Waals surface area contributed by atoms with Crippen LogP contribution >= 0.6 is 11.6 Å². The lowest BCUT2D eigenvalue weighted by Gasteiger charge is -2.40. The van der Waals surface area contributed by atoms with E-state index >= 15 is 0 Å². The van der Waals surface area contributed by atoms with Crippen LogP contribution in [0.2, 0.25) is 5.02 Å². The minimum Gasteiger partial charge on any atom is -0.444 e. The molecular formula is C23H28ClFN2O2. The Balaban J connectivity index is 1.74. The molecule has 1 fully saturated rings. The molecule has 0 N–H and O–H groups in total. The predicted octanol–water partition coefficient (Wildman–Crippen LogP) is 5.89. The summed E-state index contributed by atoms with van der Waals surface area (Å²) in [7, 11) is 0. The fourth-order valence-electron chi connectivity index (χ4n) is 3.60. The lowest BCUT2D eigenvalue weighted by molar-refractivity contribution is 0.0204. The molecule has 0 unspecified atom stereocenters. The van der Waals surface area contributed by atoms with Gasteiger partial charge < -0.3 is 14.5 Å². The van der Waals surface area contributed by atoms with Gasteiger partial charge in [-0.15, -0.1) is 0 Å². The van der Waals surface area contributed by atoms with E-state index in [4.69, 9.17) is 16.3 Å². The number of rotatable bonds is 4. The Morgan fingerprint density at radius 1 is 1.17 bits per heavy atom. The highest BCUT2D eigenvalue weighted by Gasteiger charge is 2.30. The second-order valence-electron chi connectivity index (χ2n) is 8.44. The van der Waals surface area contributed by atoms with Crippen LogP contribution in [0.4, 0.5) is 14.9 Å². The fraction of sp³-hybridized carbons (Fsp3) is 0.435. The van der Waals surface area contributed by atoms with E-state index < -0.39 is 5.60 Å². The number of hydrogen-bond acceptors (Lipinski definition) is 3. The number of halogens is 2.